The van der Waals surface area contributed by atoms with Crippen molar-refractivity contribution in [1.82, 2.24) is 20.3 Å². The van der Waals surface area contributed by atoms with Crippen LogP contribution in [0.2, 0.25) is 0 Å². The summed E-state index contributed by atoms with van der Waals surface area (Å²) >= 11 is 1.58. The molecule has 4 rings (SSSR count). The van der Waals surface area contributed by atoms with Gasteiger partial charge in [-0.05, 0) is 24.3 Å². The number of carbonyl (C=O) groups is 1. The van der Waals surface area contributed by atoms with Gasteiger partial charge >= 0.3 is 0 Å². The van der Waals surface area contributed by atoms with E-state index in [-0.39, 0.29) is 12.5 Å². The first kappa shape index (κ1) is 15.6. The molecule has 0 atom stereocenters. The van der Waals surface area contributed by atoms with Crippen LogP contribution >= 0.6 is 11.3 Å². The summed E-state index contributed by atoms with van der Waals surface area (Å²) < 4.78 is 1.12. The van der Waals surface area contributed by atoms with E-state index in [4.69, 9.17) is 0 Å². The Morgan fingerprint density at radius 2 is 1.88 bits per heavy atom. The third-order valence-corrected chi connectivity index (χ3v) is 5.03. The Morgan fingerprint density at radius 3 is 2.68 bits per heavy atom. The SMILES string of the molecule is CN(CC(=O)NCc1nc2ccccc2[nH]1)c1nc2ccccc2s1. The summed E-state index contributed by atoms with van der Waals surface area (Å²) in [4.78, 5) is 26.3. The van der Waals surface area contributed by atoms with Crippen molar-refractivity contribution >= 4 is 43.6 Å². The van der Waals surface area contributed by atoms with E-state index in [0.29, 0.717) is 6.54 Å². The van der Waals surface area contributed by atoms with Gasteiger partial charge in [-0.1, -0.05) is 35.6 Å². The Kier molecular flexibility index (Phi) is 4.07. The molecule has 4 aromatic rings. The number of imidazole rings is 1. The number of anilines is 1. The number of thiazole rings is 1. The number of nitrogens with one attached hydrogen (secondary N) is 2. The minimum absolute atomic E-state index is 0.0674. The number of nitrogens with zero attached hydrogens (tertiary/aromatic N) is 3. The van der Waals surface area contributed by atoms with Crippen LogP contribution in [0, 0.1) is 0 Å². The molecule has 25 heavy (non-hydrogen) atoms. The third-order valence-electron chi connectivity index (χ3n) is 3.88. The second-order valence-electron chi connectivity index (χ2n) is 5.80. The highest BCUT2D eigenvalue weighted by molar-refractivity contribution is 7.22. The summed E-state index contributed by atoms with van der Waals surface area (Å²) in [5, 5.41) is 3.73. The van der Waals surface area contributed by atoms with Crippen molar-refractivity contribution < 1.29 is 4.79 Å². The Bertz CT molecular complexity index is 972. The number of H-pyrrole nitrogens is 1. The average Bonchev–Trinajstić information content (AvgIpc) is 3.23. The quantitative estimate of drug-likeness (QED) is 0.580. The molecule has 1 amide bonds. The fourth-order valence-electron chi connectivity index (χ4n) is 2.63. The fraction of sp³-hybridized carbons (Fsp3) is 0.167. The van der Waals surface area contributed by atoms with E-state index >= 15 is 0 Å². The molecule has 2 N–H and O–H groups in total. The Hall–Kier alpha value is -2.93. The number of hydrogen-bond donors (Lipinski definition) is 2. The van der Waals surface area contributed by atoms with E-state index in [0.717, 1.165) is 32.2 Å². The molecule has 0 saturated carbocycles. The van der Waals surface area contributed by atoms with Gasteiger partial charge in [0.25, 0.3) is 0 Å². The number of hydrogen-bond acceptors (Lipinski definition) is 5. The average molecular weight is 351 g/mol. The number of fused-ring (bicyclic) bond motifs is 2. The van der Waals surface area contributed by atoms with E-state index in [1.165, 1.54) is 0 Å². The summed E-state index contributed by atoms with van der Waals surface area (Å²) in [6, 6.07) is 15.8. The second-order valence-corrected chi connectivity index (χ2v) is 6.81. The normalized spacial score (nSPS) is 11.1. The highest BCUT2D eigenvalue weighted by atomic mass is 32.1. The van der Waals surface area contributed by atoms with Crippen molar-refractivity contribution in [3.63, 3.8) is 0 Å². The minimum atomic E-state index is -0.0674. The molecule has 2 aromatic heterocycles. The van der Waals surface area contributed by atoms with Gasteiger partial charge in [-0.25, -0.2) is 9.97 Å². The summed E-state index contributed by atoms with van der Waals surface area (Å²) in [7, 11) is 1.87. The van der Waals surface area contributed by atoms with Gasteiger partial charge in [0.1, 0.15) is 5.82 Å². The predicted octanol–water partition coefficient (Wildman–Crippen LogP) is 2.93. The number of amides is 1. The standard InChI is InChI=1S/C18H17N5OS/c1-23(18-22-14-8-4-5-9-15(14)25-18)11-17(24)19-10-16-20-12-6-2-3-7-13(12)21-16/h2-9H,10-11H2,1H3,(H,19,24)(H,20,21). The highest BCUT2D eigenvalue weighted by Crippen LogP contribution is 2.27. The largest absolute Gasteiger partial charge is 0.347 e. The topological polar surface area (TPSA) is 73.9 Å². The smallest absolute Gasteiger partial charge is 0.239 e. The monoisotopic (exact) mass is 351 g/mol. The Morgan fingerprint density at radius 1 is 1.12 bits per heavy atom. The number of aromatic amines is 1. The van der Waals surface area contributed by atoms with Crippen LogP contribution in [0.4, 0.5) is 5.13 Å². The van der Waals surface area contributed by atoms with Gasteiger partial charge in [-0.2, -0.15) is 0 Å². The lowest BCUT2D eigenvalue weighted by Gasteiger charge is -2.14. The third kappa shape index (κ3) is 3.32. The minimum Gasteiger partial charge on any atom is -0.347 e. The van der Waals surface area contributed by atoms with Crippen molar-refractivity contribution in [1.29, 1.82) is 0 Å². The first-order chi connectivity index (χ1) is 12.2. The summed E-state index contributed by atoms with van der Waals surface area (Å²) in [5.41, 5.74) is 2.83. The Labute approximate surface area is 148 Å². The number of para-hydroxylation sites is 3. The van der Waals surface area contributed by atoms with Crippen molar-refractivity contribution in [3.05, 3.63) is 54.4 Å². The molecule has 0 fully saturated rings. The molecule has 2 heterocycles. The lowest BCUT2D eigenvalue weighted by atomic mass is 10.3. The molecular weight excluding hydrogens is 334 g/mol. The fourth-order valence-corrected chi connectivity index (χ4v) is 3.56. The molecule has 0 bridgehead atoms. The maximum absolute atomic E-state index is 12.2. The molecule has 0 saturated heterocycles. The second kappa shape index (κ2) is 6.52. The van der Waals surface area contributed by atoms with Gasteiger partial charge < -0.3 is 15.2 Å². The first-order valence-electron chi connectivity index (χ1n) is 7.96. The molecule has 0 unspecified atom stereocenters. The van der Waals surface area contributed by atoms with Crippen LogP contribution in [0.15, 0.2) is 48.5 Å². The highest BCUT2D eigenvalue weighted by Gasteiger charge is 2.12. The first-order valence-corrected chi connectivity index (χ1v) is 8.78. The summed E-state index contributed by atoms with van der Waals surface area (Å²) in [6.07, 6.45) is 0. The van der Waals surface area contributed by atoms with Gasteiger partial charge in [0.2, 0.25) is 5.91 Å². The predicted molar refractivity (Wildman–Crippen MR) is 101 cm³/mol. The van der Waals surface area contributed by atoms with Gasteiger partial charge in [0.05, 0.1) is 34.3 Å². The molecule has 0 aliphatic carbocycles. The van der Waals surface area contributed by atoms with E-state index in [1.807, 2.05) is 60.5 Å². The van der Waals surface area contributed by atoms with Crippen LogP contribution in [-0.2, 0) is 11.3 Å². The van der Waals surface area contributed by atoms with Gasteiger partial charge in [-0.15, -0.1) is 0 Å². The van der Waals surface area contributed by atoms with Crippen LogP contribution in [0.25, 0.3) is 21.3 Å². The van der Waals surface area contributed by atoms with Gasteiger partial charge in [0.15, 0.2) is 5.13 Å². The number of likely N-dealkylation sites (N-methyl/N-ethyl adjacent to an activating group) is 1. The van der Waals surface area contributed by atoms with Crippen LogP contribution < -0.4 is 10.2 Å². The van der Waals surface area contributed by atoms with Gasteiger partial charge in [-0.3, -0.25) is 4.79 Å². The maximum Gasteiger partial charge on any atom is 0.239 e. The zero-order valence-electron chi connectivity index (χ0n) is 13.7. The summed E-state index contributed by atoms with van der Waals surface area (Å²) in [6.45, 7) is 0.626. The number of carbonyl (C=O) groups excluding carboxylic acids is 1. The van der Waals surface area contributed by atoms with Crippen LogP contribution in [-0.4, -0.2) is 34.5 Å². The van der Waals surface area contributed by atoms with Crippen molar-refractivity contribution in [2.24, 2.45) is 0 Å². The molecule has 0 aliphatic rings. The lowest BCUT2D eigenvalue weighted by molar-refractivity contribution is -0.119. The molecule has 0 radical (unpaired) electrons. The molecule has 7 heteroatoms. The van der Waals surface area contributed by atoms with E-state index in [9.17, 15) is 4.79 Å². The number of rotatable bonds is 5. The molecule has 6 nitrogen and oxygen atoms in total. The van der Waals surface area contributed by atoms with E-state index in [2.05, 4.69) is 20.3 Å². The van der Waals surface area contributed by atoms with Crippen molar-refractivity contribution in [3.8, 4) is 0 Å². The molecule has 126 valence electrons. The van der Waals surface area contributed by atoms with Crippen molar-refractivity contribution in [2.45, 2.75) is 6.54 Å². The Balaban J connectivity index is 1.37. The molecule has 0 spiro atoms. The molecule has 0 aliphatic heterocycles. The summed E-state index contributed by atoms with van der Waals surface area (Å²) in [5.74, 6) is 0.680. The van der Waals surface area contributed by atoms with Gasteiger partial charge in [0, 0.05) is 7.05 Å². The lowest BCUT2D eigenvalue weighted by Crippen LogP contribution is -2.35. The van der Waals surface area contributed by atoms with Crippen LogP contribution in [0.3, 0.4) is 0 Å². The van der Waals surface area contributed by atoms with E-state index < -0.39 is 0 Å². The van der Waals surface area contributed by atoms with Crippen LogP contribution in [0.1, 0.15) is 5.82 Å². The maximum atomic E-state index is 12.2. The van der Waals surface area contributed by atoms with Crippen LogP contribution in [0.5, 0.6) is 0 Å². The van der Waals surface area contributed by atoms with E-state index in [1.54, 1.807) is 11.3 Å². The zero-order chi connectivity index (χ0) is 17.2. The van der Waals surface area contributed by atoms with Crippen molar-refractivity contribution in [2.75, 3.05) is 18.5 Å². The number of aromatic nitrogens is 3. The number of benzene rings is 2. The molecule has 2 aromatic carbocycles. The molecular formula is C18H17N5OS. The zero-order valence-corrected chi connectivity index (χ0v) is 14.5.